The third-order valence-corrected chi connectivity index (χ3v) is 11.6. The van der Waals surface area contributed by atoms with Gasteiger partial charge >= 0.3 is 0 Å². The molecule has 0 saturated heterocycles. The van der Waals surface area contributed by atoms with Crippen molar-refractivity contribution in [2.24, 2.45) is 11.8 Å². The molecule has 3 aromatic rings. The lowest BCUT2D eigenvalue weighted by molar-refractivity contribution is 0.385. The summed E-state index contributed by atoms with van der Waals surface area (Å²) in [5.74, 6) is 0.800. The van der Waals surface area contributed by atoms with E-state index in [4.69, 9.17) is 4.98 Å². The van der Waals surface area contributed by atoms with Crippen LogP contribution in [-0.2, 0) is 0 Å². The third kappa shape index (κ3) is 10.7. The number of aromatic nitrogens is 2. The van der Waals surface area contributed by atoms with E-state index in [0.29, 0.717) is 30.1 Å². The largest absolute Gasteiger partial charge is 0.492 e. The van der Waals surface area contributed by atoms with Gasteiger partial charge in [-0.15, -0.1) is 0 Å². The van der Waals surface area contributed by atoms with Crippen LogP contribution in [-0.4, -0.2) is 40.9 Å². The summed E-state index contributed by atoms with van der Waals surface area (Å²) in [7, 11) is 0. The Morgan fingerprint density at radius 2 is 1.42 bits per heavy atom. The first-order valence-electron chi connectivity index (χ1n) is 20.2. The highest BCUT2D eigenvalue weighted by molar-refractivity contribution is 7.16. The highest BCUT2D eigenvalue weighted by Crippen LogP contribution is 2.38. The average molecular weight is 730 g/mol. The summed E-state index contributed by atoms with van der Waals surface area (Å²) in [6.45, 7) is 27.1. The smallest absolute Gasteiger partial charge is 0.280 e. The number of anilines is 1. The Morgan fingerprint density at radius 1 is 0.904 bits per heavy atom. The number of benzene rings is 1. The lowest BCUT2D eigenvalue weighted by Gasteiger charge is -2.30. The normalized spacial score (nSPS) is 13.0. The van der Waals surface area contributed by atoms with Crippen molar-refractivity contribution in [1.29, 1.82) is 5.26 Å². The number of rotatable bonds is 22. The van der Waals surface area contributed by atoms with Crippen LogP contribution in [0.4, 0.5) is 5.13 Å². The van der Waals surface area contributed by atoms with Crippen LogP contribution in [0.25, 0.3) is 23.9 Å². The summed E-state index contributed by atoms with van der Waals surface area (Å²) < 4.78 is 1.33. The van der Waals surface area contributed by atoms with Crippen molar-refractivity contribution in [3.05, 3.63) is 60.1 Å². The predicted octanol–water partition coefficient (Wildman–Crippen LogP) is 9.49. The van der Waals surface area contributed by atoms with Crippen LogP contribution in [0.2, 0.25) is 0 Å². The average Bonchev–Trinajstić information content (AvgIpc) is 3.52. The quantitative estimate of drug-likeness (QED) is 0.111. The van der Waals surface area contributed by atoms with Gasteiger partial charge in [-0.05, 0) is 75.5 Å². The second-order valence-corrected chi connectivity index (χ2v) is 15.9. The Balaban J connectivity index is 2.42. The molecule has 2 unspecified atom stereocenters. The lowest BCUT2D eigenvalue weighted by atomic mass is 9.96. The second-order valence-electron chi connectivity index (χ2n) is 14.8. The van der Waals surface area contributed by atoms with E-state index in [1.165, 1.54) is 48.8 Å². The number of aryl methyl sites for hydroxylation is 3. The number of pyridine rings is 1. The molecule has 7 nitrogen and oxygen atoms in total. The Hall–Kier alpha value is -3.57. The van der Waals surface area contributed by atoms with Gasteiger partial charge in [-0.1, -0.05) is 129 Å². The molecule has 8 heteroatoms. The molecule has 0 aliphatic carbocycles. The Morgan fingerprint density at radius 3 is 1.88 bits per heavy atom. The molecule has 0 spiro atoms. The highest BCUT2D eigenvalue weighted by Gasteiger charge is 2.25. The fourth-order valence-corrected chi connectivity index (χ4v) is 8.38. The van der Waals surface area contributed by atoms with Crippen molar-refractivity contribution >= 4 is 29.1 Å². The molecule has 2 heterocycles. The zero-order valence-corrected chi connectivity index (χ0v) is 34.7. The van der Waals surface area contributed by atoms with Crippen LogP contribution in [0.1, 0.15) is 146 Å². The number of unbranched alkanes of at least 4 members (excludes halogenated alkanes) is 4. The standard InChI is InChI=1S/C44H67N5O2S/c1-11-17-21-35(15-5)29-47(30-36(16-6)22-18-12-2)44-46-41(40-32(8)25-31(7)26-33(40)9)39(52-44)27-37-34(10)38(28-45)43(51)49(42(37)50)48(23-19-13-3)24-20-14-4/h25-27,35-36,51H,10-24,29-30H2,1-9H3/b37-27+. The second kappa shape index (κ2) is 21.2. The Kier molecular flexibility index (Phi) is 17.5. The highest BCUT2D eigenvalue weighted by atomic mass is 32.1. The van der Waals surface area contributed by atoms with Crippen molar-refractivity contribution in [3.63, 3.8) is 0 Å². The molecule has 52 heavy (non-hydrogen) atoms. The van der Waals surface area contributed by atoms with Gasteiger partial charge < -0.3 is 15.0 Å². The number of nitriles is 1. The zero-order valence-electron chi connectivity index (χ0n) is 33.9. The summed E-state index contributed by atoms with van der Waals surface area (Å²) in [5.41, 5.74) is 5.08. The third-order valence-electron chi connectivity index (χ3n) is 10.6. The van der Waals surface area contributed by atoms with Crippen LogP contribution in [0.3, 0.4) is 0 Å². The molecule has 2 aromatic heterocycles. The van der Waals surface area contributed by atoms with Gasteiger partial charge in [-0.3, -0.25) is 4.79 Å². The van der Waals surface area contributed by atoms with Gasteiger partial charge in [-0.25, -0.2) is 4.98 Å². The maximum absolute atomic E-state index is 14.5. The molecule has 0 aliphatic heterocycles. The van der Waals surface area contributed by atoms with Gasteiger partial charge in [-0.2, -0.15) is 9.94 Å². The minimum absolute atomic E-state index is 0.0304. The molecule has 0 radical (unpaired) electrons. The van der Waals surface area contributed by atoms with E-state index in [2.05, 4.69) is 92.0 Å². The number of aromatic hydroxyl groups is 1. The minimum atomic E-state index is -0.361. The van der Waals surface area contributed by atoms with Crippen LogP contribution < -0.4 is 25.9 Å². The van der Waals surface area contributed by atoms with E-state index in [1.54, 1.807) is 11.3 Å². The summed E-state index contributed by atoms with van der Waals surface area (Å²) in [5, 5.41) is 25.1. The molecule has 3 rings (SSSR count). The van der Waals surface area contributed by atoms with Gasteiger partial charge in [0.1, 0.15) is 11.6 Å². The van der Waals surface area contributed by atoms with Gasteiger partial charge in [0.15, 0.2) is 5.13 Å². The van der Waals surface area contributed by atoms with E-state index < -0.39 is 0 Å². The summed E-state index contributed by atoms with van der Waals surface area (Å²) >= 11 is 1.63. The molecule has 0 fully saturated rings. The van der Waals surface area contributed by atoms with E-state index in [-0.39, 0.29) is 22.2 Å². The van der Waals surface area contributed by atoms with E-state index in [0.717, 1.165) is 84.0 Å². The molecule has 1 aromatic carbocycles. The summed E-state index contributed by atoms with van der Waals surface area (Å²) in [6.07, 6.45) is 15.0. The predicted molar refractivity (Wildman–Crippen MR) is 224 cm³/mol. The number of hydrogen-bond acceptors (Lipinski definition) is 7. The monoisotopic (exact) mass is 730 g/mol. The SMILES string of the molecule is C=c1c(C#N)c(O)n(N(CCCC)CCCC)c(=O)/c1=C/c1sc(N(CC(CC)CCCC)CC(CC)CCCC)nc1-c1c(C)cc(C)cc1C. The molecule has 2 atom stereocenters. The molecule has 286 valence electrons. The maximum Gasteiger partial charge on any atom is 0.280 e. The molecular formula is C44H67N5O2S. The molecule has 0 aliphatic rings. The maximum atomic E-state index is 14.5. The van der Waals surface area contributed by atoms with Crippen LogP contribution >= 0.6 is 11.3 Å². The van der Waals surface area contributed by atoms with E-state index >= 15 is 0 Å². The first-order chi connectivity index (χ1) is 25.0. The van der Waals surface area contributed by atoms with Gasteiger partial charge in [0, 0.05) is 37.0 Å². The van der Waals surface area contributed by atoms with Crippen molar-refractivity contribution in [2.45, 2.75) is 139 Å². The first kappa shape index (κ1) is 42.8. The lowest BCUT2D eigenvalue weighted by Crippen LogP contribution is -2.53. The van der Waals surface area contributed by atoms with Gasteiger partial charge in [0.05, 0.1) is 15.8 Å². The van der Waals surface area contributed by atoms with Crippen LogP contribution in [0.15, 0.2) is 16.9 Å². The van der Waals surface area contributed by atoms with Gasteiger partial charge in [0.2, 0.25) is 5.88 Å². The van der Waals surface area contributed by atoms with Crippen molar-refractivity contribution in [3.8, 4) is 23.2 Å². The number of thiazole rings is 1. The zero-order chi connectivity index (χ0) is 38.4. The molecule has 0 bridgehead atoms. The first-order valence-corrected chi connectivity index (χ1v) is 21.0. The topological polar surface area (TPSA) is 85.4 Å². The molecular weight excluding hydrogens is 663 g/mol. The summed E-state index contributed by atoms with van der Waals surface area (Å²) in [6, 6.07) is 6.57. The fraction of sp³-hybridized carbons (Fsp3) is 0.614. The van der Waals surface area contributed by atoms with Crippen molar-refractivity contribution < 1.29 is 5.11 Å². The Labute approximate surface area is 318 Å². The number of hydrogen-bond donors (Lipinski definition) is 1. The van der Waals surface area contributed by atoms with Crippen molar-refractivity contribution in [1.82, 2.24) is 9.66 Å². The molecule has 1 N–H and O–H groups in total. The summed E-state index contributed by atoms with van der Waals surface area (Å²) in [4.78, 5) is 23.4. The minimum Gasteiger partial charge on any atom is -0.492 e. The number of nitrogens with zero attached hydrogens (tertiary/aromatic N) is 5. The Bertz CT molecular complexity index is 1750. The fourth-order valence-electron chi connectivity index (χ4n) is 7.34. The molecule has 0 saturated carbocycles. The van der Waals surface area contributed by atoms with Crippen LogP contribution in [0.5, 0.6) is 5.88 Å². The van der Waals surface area contributed by atoms with E-state index in [9.17, 15) is 15.2 Å². The van der Waals surface area contributed by atoms with Crippen LogP contribution in [0, 0.1) is 43.9 Å². The van der Waals surface area contributed by atoms with Gasteiger partial charge in [0.25, 0.3) is 5.56 Å². The van der Waals surface area contributed by atoms with Crippen molar-refractivity contribution in [2.75, 3.05) is 36.1 Å². The van der Waals surface area contributed by atoms with E-state index in [1.807, 2.05) is 11.1 Å². The molecule has 0 amide bonds.